The number of rotatable bonds is 6. The lowest BCUT2D eigenvalue weighted by Gasteiger charge is -2.23. The lowest BCUT2D eigenvalue weighted by Crippen LogP contribution is -2.30. The van der Waals surface area contributed by atoms with Gasteiger partial charge in [-0.25, -0.2) is 0 Å². The van der Waals surface area contributed by atoms with Crippen molar-refractivity contribution >= 4 is 11.3 Å². The van der Waals surface area contributed by atoms with Crippen LogP contribution in [0.4, 0.5) is 0 Å². The molecule has 0 amide bonds. The maximum atomic E-state index is 8.69. The first-order valence-corrected chi connectivity index (χ1v) is 6.98. The molecule has 0 spiro atoms. The van der Waals surface area contributed by atoms with Crippen LogP contribution in [0.25, 0.3) is 0 Å². The molecule has 100 valence electrons. The first-order chi connectivity index (χ1) is 9.20. The summed E-state index contributed by atoms with van der Waals surface area (Å²) >= 11 is 1.77. The molecule has 0 aliphatic carbocycles. The average molecular weight is 275 g/mol. The smallest absolute Gasteiger partial charge is 0.203 e. The van der Waals surface area contributed by atoms with Crippen molar-refractivity contribution in [1.29, 1.82) is 5.26 Å². The average Bonchev–Trinajstić information content (AvgIpc) is 3.05. The zero-order chi connectivity index (χ0) is 13.7. The lowest BCUT2D eigenvalue weighted by molar-refractivity contribution is 0.289. The monoisotopic (exact) mass is 275 g/mol. The minimum atomic E-state index is 0.352. The van der Waals surface area contributed by atoms with Crippen molar-refractivity contribution < 1.29 is 4.42 Å². The molecule has 0 aliphatic rings. The highest BCUT2D eigenvalue weighted by Gasteiger charge is 2.14. The van der Waals surface area contributed by atoms with Gasteiger partial charge in [-0.3, -0.25) is 0 Å². The summed E-state index contributed by atoms with van der Waals surface area (Å²) in [6, 6.07) is 10.1. The fraction of sp³-hybridized carbons (Fsp3) is 0.357. The Morgan fingerprint density at radius 1 is 1.42 bits per heavy atom. The van der Waals surface area contributed by atoms with E-state index in [1.165, 1.54) is 4.88 Å². The van der Waals surface area contributed by atoms with Crippen LogP contribution in [0.2, 0.25) is 0 Å². The molecule has 2 aromatic rings. The Labute approximate surface area is 117 Å². The molecule has 2 aromatic heterocycles. The lowest BCUT2D eigenvalue weighted by atomic mass is 10.2. The number of hydrogen-bond donors (Lipinski definition) is 1. The maximum absolute atomic E-state index is 8.69. The number of nitrogens with one attached hydrogen (secondary N) is 1. The topological polar surface area (TPSA) is 52.2 Å². The Kier molecular flexibility index (Phi) is 4.74. The zero-order valence-corrected chi connectivity index (χ0v) is 11.9. The minimum absolute atomic E-state index is 0.352. The van der Waals surface area contributed by atoms with Crippen LogP contribution in [0.5, 0.6) is 0 Å². The summed E-state index contributed by atoms with van der Waals surface area (Å²) in [7, 11) is 4.15. The fourth-order valence-electron chi connectivity index (χ4n) is 1.88. The summed E-state index contributed by atoms with van der Waals surface area (Å²) in [4.78, 5) is 3.54. The summed E-state index contributed by atoms with van der Waals surface area (Å²) in [6.07, 6.45) is 0. The van der Waals surface area contributed by atoms with Crippen molar-refractivity contribution in [2.45, 2.75) is 12.6 Å². The second kappa shape index (κ2) is 6.53. The van der Waals surface area contributed by atoms with Gasteiger partial charge >= 0.3 is 0 Å². The van der Waals surface area contributed by atoms with E-state index in [2.05, 4.69) is 41.8 Å². The molecule has 0 saturated carbocycles. The Bertz CT molecular complexity index is 539. The molecule has 4 nitrogen and oxygen atoms in total. The molecule has 1 atom stereocenters. The van der Waals surface area contributed by atoms with Crippen LogP contribution < -0.4 is 5.32 Å². The number of furan rings is 1. The standard InChI is InChI=1S/C14H17N3OS/c1-17(2)13(14-4-3-7-19-14)10-16-9-12-6-5-11(8-15)18-12/h3-7,13,16H,9-10H2,1-2H3. The molecule has 1 unspecified atom stereocenters. The van der Waals surface area contributed by atoms with E-state index in [1.54, 1.807) is 17.4 Å². The van der Waals surface area contributed by atoms with Gasteiger partial charge in [-0.05, 0) is 37.7 Å². The van der Waals surface area contributed by atoms with Crippen LogP contribution in [0.3, 0.4) is 0 Å². The molecule has 2 rings (SSSR count). The summed E-state index contributed by atoms with van der Waals surface area (Å²) in [6.45, 7) is 1.48. The molecular formula is C14H17N3OS. The number of likely N-dealkylation sites (N-methyl/N-ethyl adjacent to an activating group) is 1. The van der Waals surface area contributed by atoms with Gasteiger partial charge in [-0.2, -0.15) is 5.26 Å². The molecule has 0 fully saturated rings. The Morgan fingerprint density at radius 3 is 2.84 bits per heavy atom. The predicted molar refractivity (Wildman–Crippen MR) is 75.9 cm³/mol. The van der Waals surface area contributed by atoms with E-state index in [0.29, 0.717) is 18.3 Å². The summed E-state index contributed by atoms with van der Waals surface area (Å²) in [5.41, 5.74) is 0. The number of hydrogen-bond acceptors (Lipinski definition) is 5. The van der Waals surface area contributed by atoms with Gasteiger partial charge in [0.05, 0.1) is 12.6 Å². The van der Waals surface area contributed by atoms with E-state index in [9.17, 15) is 0 Å². The highest BCUT2D eigenvalue weighted by Crippen LogP contribution is 2.22. The van der Waals surface area contributed by atoms with E-state index in [-0.39, 0.29) is 0 Å². The van der Waals surface area contributed by atoms with Gasteiger partial charge in [0.2, 0.25) is 5.76 Å². The summed E-state index contributed by atoms with van der Waals surface area (Å²) < 4.78 is 5.33. The van der Waals surface area contributed by atoms with Gasteiger partial charge in [-0.15, -0.1) is 11.3 Å². The molecule has 0 saturated heterocycles. The molecule has 0 radical (unpaired) electrons. The zero-order valence-electron chi connectivity index (χ0n) is 11.1. The molecular weight excluding hydrogens is 258 g/mol. The van der Waals surface area contributed by atoms with Crippen molar-refractivity contribution in [3.8, 4) is 6.07 Å². The third-order valence-electron chi connectivity index (χ3n) is 2.90. The predicted octanol–water partition coefficient (Wildman–Crippen LogP) is 2.61. The number of thiophene rings is 1. The number of nitrogens with zero attached hydrogens (tertiary/aromatic N) is 2. The molecule has 1 N–H and O–H groups in total. The van der Waals surface area contributed by atoms with E-state index >= 15 is 0 Å². The number of nitriles is 1. The van der Waals surface area contributed by atoms with Crippen molar-refractivity contribution in [3.05, 3.63) is 46.0 Å². The highest BCUT2D eigenvalue weighted by atomic mass is 32.1. The van der Waals surface area contributed by atoms with E-state index in [1.807, 2.05) is 12.1 Å². The third-order valence-corrected chi connectivity index (χ3v) is 3.88. The van der Waals surface area contributed by atoms with Gasteiger partial charge in [0.25, 0.3) is 0 Å². The molecule has 2 heterocycles. The molecule has 19 heavy (non-hydrogen) atoms. The van der Waals surface area contributed by atoms with Crippen LogP contribution in [-0.2, 0) is 6.54 Å². The van der Waals surface area contributed by atoms with Crippen LogP contribution in [-0.4, -0.2) is 25.5 Å². The van der Waals surface area contributed by atoms with Crippen molar-refractivity contribution in [2.24, 2.45) is 0 Å². The minimum Gasteiger partial charge on any atom is -0.449 e. The van der Waals surface area contributed by atoms with Crippen LogP contribution in [0.1, 0.15) is 22.4 Å². The summed E-state index contributed by atoms with van der Waals surface area (Å²) in [5.74, 6) is 1.15. The largest absolute Gasteiger partial charge is 0.449 e. The van der Waals surface area contributed by atoms with Gasteiger partial charge in [0, 0.05) is 11.4 Å². The second-order valence-corrected chi connectivity index (χ2v) is 5.48. The Morgan fingerprint density at radius 2 is 2.26 bits per heavy atom. The van der Waals surface area contributed by atoms with Gasteiger partial charge in [0.15, 0.2) is 0 Å². The fourth-order valence-corrected chi connectivity index (χ4v) is 2.81. The van der Waals surface area contributed by atoms with Crippen LogP contribution in [0.15, 0.2) is 34.1 Å². The van der Waals surface area contributed by atoms with Crippen molar-refractivity contribution in [3.63, 3.8) is 0 Å². The third kappa shape index (κ3) is 3.67. The Hall–Kier alpha value is -1.61. The van der Waals surface area contributed by atoms with Crippen molar-refractivity contribution in [1.82, 2.24) is 10.2 Å². The van der Waals surface area contributed by atoms with Crippen molar-refractivity contribution in [2.75, 3.05) is 20.6 Å². The SMILES string of the molecule is CN(C)C(CNCc1ccc(C#N)o1)c1cccs1. The molecule has 5 heteroatoms. The second-order valence-electron chi connectivity index (χ2n) is 4.50. The van der Waals surface area contributed by atoms with Crippen LogP contribution >= 0.6 is 11.3 Å². The highest BCUT2D eigenvalue weighted by molar-refractivity contribution is 7.10. The molecule has 0 aromatic carbocycles. The van der Waals surface area contributed by atoms with Gasteiger partial charge < -0.3 is 14.6 Å². The first-order valence-electron chi connectivity index (χ1n) is 6.10. The molecule has 0 aliphatic heterocycles. The Balaban J connectivity index is 1.88. The summed E-state index contributed by atoms with van der Waals surface area (Å²) in [5, 5.41) is 14.2. The van der Waals surface area contributed by atoms with Gasteiger partial charge in [0.1, 0.15) is 11.8 Å². The quantitative estimate of drug-likeness (QED) is 0.880. The van der Waals surface area contributed by atoms with E-state index in [0.717, 1.165) is 12.3 Å². The van der Waals surface area contributed by atoms with Gasteiger partial charge in [-0.1, -0.05) is 6.07 Å². The van der Waals surface area contributed by atoms with Crippen LogP contribution in [0, 0.1) is 11.3 Å². The van der Waals surface area contributed by atoms with E-state index < -0.39 is 0 Å². The first kappa shape index (κ1) is 13.8. The van der Waals surface area contributed by atoms with E-state index in [4.69, 9.17) is 9.68 Å². The normalized spacial score (nSPS) is 12.5. The maximum Gasteiger partial charge on any atom is 0.203 e. The molecule has 0 bridgehead atoms.